The Morgan fingerprint density at radius 3 is 2.62 bits per heavy atom. The Hall–Kier alpha value is -2.02. The van der Waals surface area contributed by atoms with Crippen LogP contribution in [0.4, 0.5) is 0 Å². The summed E-state index contributed by atoms with van der Waals surface area (Å²) in [4.78, 5) is 0.272. The number of nitrogens with zero attached hydrogens (tertiary/aromatic N) is 1. The van der Waals surface area contributed by atoms with E-state index in [9.17, 15) is 8.42 Å². The van der Waals surface area contributed by atoms with Gasteiger partial charge in [-0.25, -0.2) is 12.4 Å². The van der Waals surface area contributed by atoms with Crippen LogP contribution in [0.15, 0.2) is 65.7 Å². The number of halogens is 1. The summed E-state index contributed by atoms with van der Waals surface area (Å²) in [6, 6.07) is 16.1. The second-order valence-corrected chi connectivity index (χ2v) is 8.04. The maximum Gasteiger partial charge on any atom is 0.268 e. The Morgan fingerprint density at radius 2 is 1.88 bits per heavy atom. The van der Waals surface area contributed by atoms with E-state index < -0.39 is 10.0 Å². The minimum atomic E-state index is -3.62. The van der Waals surface area contributed by atoms with E-state index in [0.29, 0.717) is 23.9 Å². The highest BCUT2D eigenvalue weighted by Gasteiger charge is 2.20. The van der Waals surface area contributed by atoms with Crippen molar-refractivity contribution < 1.29 is 13.2 Å². The third-order valence-corrected chi connectivity index (χ3v) is 6.26. The fourth-order valence-corrected chi connectivity index (χ4v) is 4.61. The Balaban J connectivity index is 0.00000196. The van der Waals surface area contributed by atoms with E-state index in [0.717, 1.165) is 18.4 Å². The molecule has 0 spiro atoms. The average Bonchev–Trinajstić information content (AvgIpc) is 3.30. The first-order valence-electron chi connectivity index (χ1n) is 8.43. The monoisotopic (exact) mass is 392 g/mol. The third kappa shape index (κ3) is 3.45. The van der Waals surface area contributed by atoms with Crippen molar-refractivity contribution in [3.05, 3.63) is 60.8 Å². The van der Waals surface area contributed by atoms with E-state index in [-0.39, 0.29) is 17.3 Å². The summed E-state index contributed by atoms with van der Waals surface area (Å²) >= 11 is 0. The number of fused-ring (bicyclic) bond motifs is 1. The van der Waals surface area contributed by atoms with Crippen LogP contribution in [0.5, 0.6) is 5.75 Å². The van der Waals surface area contributed by atoms with Crippen molar-refractivity contribution in [3.8, 4) is 5.75 Å². The standard InChI is InChI=1S/C19H20N2O3S.ClH/c22-25(23,16-7-2-1-3-8-16)21-13-11-17-18(21)9-4-10-19(17)24-14-15-6-5-12-20-15;/h1-4,7-11,13,15,20H,5-6,12,14H2;1H. The second-order valence-electron chi connectivity index (χ2n) is 6.22. The Morgan fingerprint density at radius 1 is 1.08 bits per heavy atom. The van der Waals surface area contributed by atoms with Gasteiger partial charge in [0.1, 0.15) is 12.4 Å². The van der Waals surface area contributed by atoms with E-state index >= 15 is 0 Å². The molecule has 1 unspecified atom stereocenters. The minimum Gasteiger partial charge on any atom is -0.491 e. The summed E-state index contributed by atoms with van der Waals surface area (Å²) in [6.45, 7) is 1.62. The van der Waals surface area contributed by atoms with Gasteiger partial charge in [-0.3, -0.25) is 0 Å². The van der Waals surface area contributed by atoms with Gasteiger partial charge in [-0.1, -0.05) is 24.3 Å². The summed E-state index contributed by atoms with van der Waals surface area (Å²) in [7, 11) is -3.62. The van der Waals surface area contributed by atoms with E-state index in [1.807, 2.05) is 12.1 Å². The van der Waals surface area contributed by atoms with Crippen LogP contribution in [-0.2, 0) is 10.0 Å². The molecule has 0 amide bonds. The van der Waals surface area contributed by atoms with E-state index in [2.05, 4.69) is 5.32 Å². The van der Waals surface area contributed by atoms with Crippen molar-refractivity contribution in [2.45, 2.75) is 23.8 Å². The van der Waals surface area contributed by atoms with Crippen molar-refractivity contribution in [3.63, 3.8) is 0 Å². The highest BCUT2D eigenvalue weighted by atomic mass is 35.5. The zero-order valence-corrected chi connectivity index (χ0v) is 15.8. The van der Waals surface area contributed by atoms with Crippen molar-refractivity contribution in [1.29, 1.82) is 0 Å². The lowest BCUT2D eigenvalue weighted by Gasteiger charge is -2.13. The molecule has 2 heterocycles. The number of hydrogen-bond acceptors (Lipinski definition) is 4. The molecule has 0 bridgehead atoms. The van der Waals surface area contributed by atoms with E-state index in [1.165, 1.54) is 10.4 Å². The predicted molar refractivity (Wildman–Crippen MR) is 105 cm³/mol. The van der Waals surface area contributed by atoms with Crippen LogP contribution in [0.3, 0.4) is 0 Å². The van der Waals surface area contributed by atoms with Crippen molar-refractivity contribution >= 4 is 33.3 Å². The SMILES string of the molecule is Cl.O=S(=O)(c1ccccc1)n1ccc2c(OCC3CCCN3)cccc21. The lowest BCUT2D eigenvalue weighted by Crippen LogP contribution is -2.28. The topological polar surface area (TPSA) is 60.3 Å². The molecule has 1 atom stereocenters. The van der Waals surface area contributed by atoms with Gasteiger partial charge in [-0.2, -0.15) is 0 Å². The number of hydrogen-bond donors (Lipinski definition) is 1. The smallest absolute Gasteiger partial charge is 0.268 e. The number of nitrogens with one attached hydrogen (secondary N) is 1. The van der Waals surface area contributed by atoms with Gasteiger partial charge in [0.15, 0.2) is 0 Å². The molecule has 0 saturated carbocycles. The number of benzene rings is 2. The summed E-state index contributed by atoms with van der Waals surface area (Å²) in [5.41, 5.74) is 0.626. The molecular formula is C19H21ClN2O3S. The molecule has 5 nitrogen and oxygen atoms in total. The van der Waals surface area contributed by atoms with Crippen LogP contribution in [0.2, 0.25) is 0 Å². The van der Waals surface area contributed by atoms with Crippen LogP contribution in [-0.4, -0.2) is 31.6 Å². The first-order chi connectivity index (χ1) is 12.2. The molecule has 7 heteroatoms. The normalized spacial score (nSPS) is 17.2. The van der Waals surface area contributed by atoms with E-state index in [4.69, 9.17) is 4.74 Å². The van der Waals surface area contributed by atoms with Crippen LogP contribution >= 0.6 is 12.4 Å². The molecule has 2 aromatic carbocycles. The molecule has 3 aromatic rings. The molecular weight excluding hydrogens is 372 g/mol. The third-order valence-electron chi connectivity index (χ3n) is 4.56. The first kappa shape index (κ1) is 18.8. The van der Waals surface area contributed by atoms with Gasteiger partial charge in [-0.05, 0) is 49.7 Å². The van der Waals surface area contributed by atoms with Gasteiger partial charge in [0.05, 0.1) is 10.4 Å². The van der Waals surface area contributed by atoms with Crippen LogP contribution in [0, 0.1) is 0 Å². The van der Waals surface area contributed by atoms with Crippen LogP contribution in [0.25, 0.3) is 10.9 Å². The maximum atomic E-state index is 12.9. The summed E-state index contributed by atoms with van der Waals surface area (Å²) in [5.74, 6) is 0.716. The van der Waals surface area contributed by atoms with Crippen LogP contribution in [0.1, 0.15) is 12.8 Å². The van der Waals surface area contributed by atoms with Gasteiger partial charge >= 0.3 is 0 Å². The lowest BCUT2D eigenvalue weighted by molar-refractivity contribution is 0.280. The highest BCUT2D eigenvalue weighted by molar-refractivity contribution is 7.90. The van der Waals surface area contributed by atoms with Crippen LogP contribution < -0.4 is 10.1 Å². The number of ether oxygens (including phenoxy) is 1. The van der Waals surface area contributed by atoms with Crippen molar-refractivity contribution in [2.75, 3.05) is 13.2 Å². The molecule has 1 fully saturated rings. The van der Waals surface area contributed by atoms with Gasteiger partial charge in [0, 0.05) is 17.6 Å². The van der Waals surface area contributed by atoms with Gasteiger partial charge in [0.25, 0.3) is 10.0 Å². The molecule has 26 heavy (non-hydrogen) atoms. The number of aromatic nitrogens is 1. The summed E-state index contributed by atoms with van der Waals surface area (Å²) < 4.78 is 33.1. The van der Waals surface area contributed by atoms with Gasteiger partial charge in [-0.15, -0.1) is 12.4 Å². The Labute approximate surface area is 159 Å². The highest BCUT2D eigenvalue weighted by Crippen LogP contribution is 2.29. The zero-order chi connectivity index (χ0) is 17.3. The quantitative estimate of drug-likeness (QED) is 0.722. The van der Waals surface area contributed by atoms with Crippen molar-refractivity contribution in [1.82, 2.24) is 9.29 Å². The molecule has 1 N–H and O–H groups in total. The molecule has 1 saturated heterocycles. The predicted octanol–water partition coefficient (Wildman–Crippen LogP) is 3.43. The second kappa shape index (κ2) is 7.70. The van der Waals surface area contributed by atoms with E-state index in [1.54, 1.807) is 48.7 Å². The molecule has 1 aromatic heterocycles. The molecule has 1 aliphatic heterocycles. The minimum absolute atomic E-state index is 0. The molecule has 138 valence electrons. The molecule has 1 aliphatic rings. The Kier molecular flexibility index (Phi) is 5.55. The summed E-state index contributed by atoms with van der Waals surface area (Å²) in [5, 5.41) is 4.21. The van der Waals surface area contributed by atoms with Gasteiger partial charge in [0.2, 0.25) is 0 Å². The largest absolute Gasteiger partial charge is 0.491 e. The molecule has 0 aliphatic carbocycles. The molecule has 0 radical (unpaired) electrons. The average molecular weight is 393 g/mol. The van der Waals surface area contributed by atoms with Crippen molar-refractivity contribution in [2.24, 2.45) is 0 Å². The number of rotatable bonds is 5. The fraction of sp³-hybridized carbons (Fsp3) is 0.263. The van der Waals surface area contributed by atoms with Gasteiger partial charge < -0.3 is 10.1 Å². The Bertz CT molecular complexity index is 980. The lowest BCUT2D eigenvalue weighted by atomic mass is 10.2. The maximum absolute atomic E-state index is 12.9. The molecule has 4 rings (SSSR count). The zero-order valence-electron chi connectivity index (χ0n) is 14.2. The first-order valence-corrected chi connectivity index (χ1v) is 9.87. The fourth-order valence-electron chi connectivity index (χ4n) is 3.25. The summed E-state index contributed by atoms with van der Waals surface area (Å²) in [6.07, 6.45) is 3.87.